The number of methoxy groups -OCH3 is 1. The van der Waals surface area contributed by atoms with Crippen molar-refractivity contribution in [2.24, 2.45) is 5.92 Å². The molecule has 2 rings (SSSR count). The Morgan fingerprint density at radius 1 is 1.29 bits per heavy atom. The van der Waals surface area contributed by atoms with E-state index in [0.29, 0.717) is 23.7 Å². The summed E-state index contributed by atoms with van der Waals surface area (Å²) in [6, 6.07) is 10.8. The number of nitrogens with one attached hydrogen (secondary N) is 1. The molecule has 1 heterocycles. The smallest absolute Gasteiger partial charge is 0.251 e. The van der Waals surface area contributed by atoms with Crippen LogP contribution in [0.25, 0.3) is 11.3 Å². The molecule has 0 aliphatic heterocycles. The quantitative estimate of drug-likeness (QED) is 0.820. The molecule has 24 heavy (non-hydrogen) atoms. The van der Waals surface area contributed by atoms with E-state index in [-0.39, 0.29) is 12.5 Å². The standard InChI is InChI=1S/C19H24N2O3/c1-13(2)10-15(22)12-21-19(23)14-7-8-18(24-3)16(11-14)17-6-4-5-9-20-17/h4-9,11,13,15,22H,10,12H2,1-3H3,(H,21,23). The molecule has 0 radical (unpaired) electrons. The van der Waals surface area contributed by atoms with Gasteiger partial charge >= 0.3 is 0 Å². The zero-order valence-electron chi connectivity index (χ0n) is 14.3. The van der Waals surface area contributed by atoms with Crippen LogP contribution in [0.5, 0.6) is 5.75 Å². The Morgan fingerprint density at radius 2 is 2.08 bits per heavy atom. The zero-order valence-corrected chi connectivity index (χ0v) is 14.3. The lowest BCUT2D eigenvalue weighted by Crippen LogP contribution is -2.32. The van der Waals surface area contributed by atoms with E-state index in [1.54, 1.807) is 31.5 Å². The van der Waals surface area contributed by atoms with Gasteiger partial charge in [-0.3, -0.25) is 9.78 Å². The molecule has 0 fully saturated rings. The molecular formula is C19H24N2O3. The van der Waals surface area contributed by atoms with Crippen LogP contribution in [0.3, 0.4) is 0 Å². The fourth-order valence-electron chi connectivity index (χ4n) is 2.51. The molecule has 1 amide bonds. The number of pyridine rings is 1. The van der Waals surface area contributed by atoms with Gasteiger partial charge in [0.15, 0.2) is 0 Å². The average Bonchev–Trinajstić information content (AvgIpc) is 2.59. The minimum absolute atomic E-state index is 0.224. The number of nitrogens with zero attached hydrogens (tertiary/aromatic N) is 1. The van der Waals surface area contributed by atoms with Crippen molar-refractivity contribution >= 4 is 5.91 Å². The van der Waals surface area contributed by atoms with Gasteiger partial charge in [0.2, 0.25) is 0 Å². The number of rotatable bonds is 7. The molecule has 0 saturated carbocycles. The van der Waals surface area contributed by atoms with Gasteiger partial charge in [-0.05, 0) is 42.7 Å². The maximum atomic E-state index is 12.3. The largest absolute Gasteiger partial charge is 0.496 e. The van der Waals surface area contributed by atoms with Gasteiger partial charge < -0.3 is 15.2 Å². The minimum Gasteiger partial charge on any atom is -0.496 e. The molecule has 1 aromatic heterocycles. The lowest BCUT2D eigenvalue weighted by atomic mass is 10.0. The first-order valence-corrected chi connectivity index (χ1v) is 8.07. The third-order valence-electron chi connectivity index (χ3n) is 3.64. The average molecular weight is 328 g/mol. The summed E-state index contributed by atoms with van der Waals surface area (Å²) in [5.41, 5.74) is 2.01. The Labute approximate surface area is 142 Å². The van der Waals surface area contributed by atoms with E-state index in [2.05, 4.69) is 10.3 Å². The predicted octanol–water partition coefficient (Wildman–Crippen LogP) is 2.89. The number of amides is 1. The Bertz CT molecular complexity index is 672. The van der Waals surface area contributed by atoms with Crippen molar-refractivity contribution in [3.63, 3.8) is 0 Å². The van der Waals surface area contributed by atoms with Crippen LogP contribution < -0.4 is 10.1 Å². The van der Waals surface area contributed by atoms with E-state index in [0.717, 1.165) is 11.3 Å². The number of carbonyl (C=O) groups excluding carboxylic acids is 1. The van der Waals surface area contributed by atoms with Gasteiger partial charge in [-0.25, -0.2) is 0 Å². The first kappa shape index (κ1) is 17.9. The van der Waals surface area contributed by atoms with Gasteiger partial charge in [0.05, 0.1) is 18.9 Å². The molecule has 1 unspecified atom stereocenters. The molecule has 1 aromatic carbocycles. The molecule has 0 saturated heterocycles. The van der Waals surface area contributed by atoms with Crippen molar-refractivity contribution in [1.29, 1.82) is 0 Å². The number of hydrogen-bond donors (Lipinski definition) is 2. The van der Waals surface area contributed by atoms with E-state index in [9.17, 15) is 9.90 Å². The van der Waals surface area contributed by atoms with Crippen LogP contribution >= 0.6 is 0 Å². The Hall–Kier alpha value is -2.40. The fraction of sp³-hybridized carbons (Fsp3) is 0.368. The normalized spacial score (nSPS) is 12.0. The van der Waals surface area contributed by atoms with E-state index in [1.165, 1.54) is 0 Å². The first-order chi connectivity index (χ1) is 11.5. The molecule has 1 atom stereocenters. The number of benzene rings is 1. The van der Waals surface area contributed by atoms with Crippen LogP contribution in [0, 0.1) is 5.92 Å². The van der Waals surface area contributed by atoms with Gasteiger partial charge in [0.25, 0.3) is 5.91 Å². The lowest BCUT2D eigenvalue weighted by molar-refractivity contribution is 0.0900. The summed E-state index contributed by atoms with van der Waals surface area (Å²) in [6.45, 7) is 4.31. The van der Waals surface area contributed by atoms with Crippen molar-refractivity contribution in [3.8, 4) is 17.0 Å². The van der Waals surface area contributed by atoms with Gasteiger partial charge in [-0.15, -0.1) is 0 Å². The van der Waals surface area contributed by atoms with E-state index < -0.39 is 6.10 Å². The van der Waals surface area contributed by atoms with Gasteiger partial charge in [-0.2, -0.15) is 0 Å². The van der Waals surface area contributed by atoms with Crippen LogP contribution in [-0.2, 0) is 0 Å². The summed E-state index contributed by atoms with van der Waals surface area (Å²) in [6.07, 6.45) is 1.81. The topological polar surface area (TPSA) is 71.5 Å². The highest BCUT2D eigenvalue weighted by atomic mass is 16.5. The van der Waals surface area contributed by atoms with E-state index >= 15 is 0 Å². The number of hydrogen-bond acceptors (Lipinski definition) is 4. The van der Waals surface area contributed by atoms with Crippen molar-refractivity contribution in [2.45, 2.75) is 26.4 Å². The summed E-state index contributed by atoms with van der Waals surface area (Å²) in [5.74, 6) is 0.816. The molecular weight excluding hydrogens is 304 g/mol. The third-order valence-corrected chi connectivity index (χ3v) is 3.64. The highest BCUT2D eigenvalue weighted by Gasteiger charge is 2.14. The van der Waals surface area contributed by atoms with Crippen molar-refractivity contribution in [1.82, 2.24) is 10.3 Å². The second-order valence-corrected chi connectivity index (χ2v) is 6.12. The van der Waals surface area contributed by atoms with Gasteiger partial charge in [0, 0.05) is 23.9 Å². The number of aliphatic hydroxyl groups is 1. The SMILES string of the molecule is COc1ccc(C(=O)NCC(O)CC(C)C)cc1-c1ccccn1. The van der Waals surface area contributed by atoms with Crippen LogP contribution in [0.4, 0.5) is 0 Å². The number of aromatic nitrogens is 1. The van der Waals surface area contributed by atoms with Gasteiger partial charge in [-0.1, -0.05) is 19.9 Å². The fourth-order valence-corrected chi connectivity index (χ4v) is 2.51. The van der Waals surface area contributed by atoms with Crippen molar-refractivity contribution in [2.75, 3.05) is 13.7 Å². The van der Waals surface area contributed by atoms with Gasteiger partial charge in [0.1, 0.15) is 5.75 Å². The van der Waals surface area contributed by atoms with Crippen molar-refractivity contribution in [3.05, 3.63) is 48.2 Å². The first-order valence-electron chi connectivity index (χ1n) is 8.07. The lowest BCUT2D eigenvalue weighted by Gasteiger charge is -2.14. The predicted molar refractivity (Wildman–Crippen MR) is 94.0 cm³/mol. The zero-order chi connectivity index (χ0) is 17.5. The second kappa shape index (κ2) is 8.45. The molecule has 0 spiro atoms. The Balaban J connectivity index is 2.15. The van der Waals surface area contributed by atoms with Crippen LogP contribution in [-0.4, -0.2) is 35.8 Å². The van der Waals surface area contributed by atoms with E-state index in [1.807, 2.05) is 32.0 Å². The summed E-state index contributed by atoms with van der Waals surface area (Å²) < 4.78 is 5.36. The molecule has 128 valence electrons. The molecule has 0 bridgehead atoms. The summed E-state index contributed by atoms with van der Waals surface area (Å²) in [5, 5.41) is 12.7. The molecule has 2 aromatic rings. The maximum absolute atomic E-state index is 12.3. The van der Waals surface area contributed by atoms with Crippen LogP contribution in [0.1, 0.15) is 30.6 Å². The molecule has 0 aliphatic rings. The number of ether oxygens (including phenoxy) is 1. The molecule has 5 nitrogen and oxygen atoms in total. The Kier molecular flexibility index (Phi) is 6.32. The Morgan fingerprint density at radius 3 is 2.71 bits per heavy atom. The summed E-state index contributed by atoms with van der Waals surface area (Å²) >= 11 is 0. The molecule has 5 heteroatoms. The van der Waals surface area contributed by atoms with Crippen LogP contribution in [0.2, 0.25) is 0 Å². The molecule has 0 aliphatic carbocycles. The van der Waals surface area contributed by atoms with E-state index in [4.69, 9.17) is 4.74 Å². The third kappa shape index (κ3) is 4.80. The van der Waals surface area contributed by atoms with Crippen LogP contribution in [0.15, 0.2) is 42.6 Å². The van der Waals surface area contributed by atoms with Crippen molar-refractivity contribution < 1.29 is 14.6 Å². The monoisotopic (exact) mass is 328 g/mol. The minimum atomic E-state index is -0.539. The molecule has 2 N–H and O–H groups in total. The highest BCUT2D eigenvalue weighted by molar-refractivity contribution is 5.96. The summed E-state index contributed by atoms with van der Waals surface area (Å²) in [7, 11) is 1.59. The number of carbonyl (C=O) groups is 1. The maximum Gasteiger partial charge on any atom is 0.251 e. The summed E-state index contributed by atoms with van der Waals surface area (Å²) in [4.78, 5) is 16.6. The number of aliphatic hydroxyl groups excluding tert-OH is 1. The highest BCUT2D eigenvalue weighted by Crippen LogP contribution is 2.29. The second-order valence-electron chi connectivity index (χ2n) is 6.12.